The van der Waals surface area contributed by atoms with E-state index in [1.54, 1.807) is 11.8 Å². The summed E-state index contributed by atoms with van der Waals surface area (Å²) in [6.07, 6.45) is 0.181. The second-order valence-electron chi connectivity index (χ2n) is 4.69. The second-order valence-corrected chi connectivity index (χ2v) is 6.70. The van der Waals surface area contributed by atoms with E-state index in [-0.39, 0.29) is 6.04 Å². The van der Waals surface area contributed by atoms with Crippen molar-refractivity contribution < 1.29 is 5.11 Å². The Hall–Kier alpha value is -0.810. The van der Waals surface area contributed by atoms with E-state index >= 15 is 0 Å². The minimum atomic E-state index is -0.515. The van der Waals surface area contributed by atoms with Gasteiger partial charge in [-0.1, -0.05) is 52.3 Å². The van der Waals surface area contributed by atoms with E-state index < -0.39 is 6.10 Å². The highest BCUT2D eigenvalue weighted by molar-refractivity contribution is 9.10. The average molecular weight is 352 g/mol. The lowest BCUT2D eigenvalue weighted by molar-refractivity contribution is 0.167. The third-order valence-corrected chi connectivity index (χ3v) is 4.61. The van der Waals surface area contributed by atoms with E-state index in [9.17, 15) is 5.11 Å². The summed E-state index contributed by atoms with van der Waals surface area (Å²) >= 11 is 5.06. The van der Waals surface area contributed by atoms with Crippen molar-refractivity contribution in [2.24, 2.45) is 5.73 Å². The number of halogens is 1. The van der Waals surface area contributed by atoms with Crippen LogP contribution in [0.1, 0.15) is 5.56 Å². The maximum atomic E-state index is 10.2. The second kappa shape index (κ2) is 7.84. The molecule has 0 saturated carbocycles. The summed E-state index contributed by atoms with van der Waals surface area (Å²) in [4.78, 5) is 1.13. The van der Waals surface area contributed by atoms with Gasteiger partial charge in [-0.25, -0.2) is 0 Å². The van der Waals surface area contributed by atoms with E-state index in [1.807, 2.05) is 54.6 Å². The van der Waals surface area contributed by atoms with Crippen LogP contribution in [0.15, 0.2) is 64.0 Å². The van der Waals surface area contributed by atoms with E-state index in [0.29, 0.717) is 12.2 Å². The summed E-state index contributed by atoms with van der Waals surface area (Å²) in [6.45, 7) is 0. The Balaban J connectivity index is 1.83. The van der Waals surface area contributed by atoms with Crippen molar-refractivity contribution in [3.05, 3.63) is 64.6 Å². The Bertz CT molecular complexity index is 535. The van der Waals surface area contributed by atoms with Crippen LogP contribution < -0.4 is 5.73 Å². The summed E-state index contributed by atoms with van der Waals surface area (Å²) in [5, 5.41) is 10.2. The quantitative estimate of drug-likeness (QED) is 0.783. The summed E-state index contributed by atoms with van der Waals surface area (Å²) in [6, 6.07) is 17.8. The molecule has 0 aromatic heterocycles. The highest BCUT2D eigenvalue weighted by Crippen LogP contribution is 2.23. The number of nitrogens with two attached hydrogens (primary N) is 1. The molecule has 0 amide bonds. The first-order valence-corrected chi connectivity index (χ1v) is 8.29. The molecule has 2 rings (SSSR count). The molecule has 20 heavy (non-hydrogen) atoms. The van der Waals surface area contributed by atoms with E-state index in [2.05, 4.69) is 15.9 Å². The van der Waals surface area contributed by atoms with Gasteiger partial charge < -0.3 is 10.8 Å². The van der Waals surface area contributed by atoms with Crippen LogP contribution in [0.25, 0.3) is 0 Å². The zero-order valence-corrected chi connectivity index (χ0v) is 13.5. The lowest BCUT2D eigenvalue weighted by Crippen LogP contribution is -2.38. The molecule has 2 aromatic carbocycles. The molecule has 0 radical (unpaired) electrons. The van der Waals surface area contributed by atoms with Crippen LogP contribution in [0, 0.1) is 0 Å². The van der Waals surface area contributed by atoms with Gasteiger partial charge in [0.05, 0.1) is 6.10 Å². The number of hydrogen-bond acceptors (Lipinski definition) is 3. The molecule has 4 heteroatoms. The van der Waals surface area contributed by atoms with Crippen LogP contribution in [-0.2, 0) is 6.42 Å². The fourth-order valence-corrected chi connectivity index (χ4v) is 3.43. The minimum Gasteiger partial charge on any atom is -0.391 e. The molecule has 0 aliphatic rings. The van der Waals surface area contributed by atoms with Crippen LogP contribution in [0.3, 0.4) is 0 Å². The molecule has 2 unspecified atom stereocenters. The van der Waals surface area contributed by atoms with Crippen LogP contribution >= 0.6 is 27.7 Å². The molecule has 2 atom stereocenters. The largest absolute Gasteiger partial charge is 0.391 e. The van der Waals surface area contributed by atoms with Gasteiger partial charge in [0.1, 0.15) is 0 Å². The Kier molecular flexibility index (Phi) is 6.10. The maximum absolute atomic E-state index is 10.2. The summed E-state index contributed by atoms with van der Waals surface area (Å²) in [5.41, 5.74) is 7.23. The Morgan fingerprint density at radius 1 is 1.10 bits per heavy atom. The molecule has 2 nitrogen and oxygen atoms in total. The highest BCUT2D eigenvalue weighted by atomic mass is 79.9. The third-order valence-electron chi connectivity index (χ3n) is 3.03. The van der Waals surface area contributed by atoms with Gasteiger partial charge in [0.25, 0.3) is 0 Å². The van der Waals surface area contributed by atoms with Gasteiger partial charge in [0.2, 0.25) is 0 Å². The minimum absolute atomic E-state index is 0.239. The molecule has 0 aliphatic carbocycles. The van der Waals surface area contributed by atoms with E-state index in [1.165, 1.54) is 0 Å². The highest BCUT2D eigenvalue weighted by Gasteiger charge is 2.15. The summed E-state index contributed by atoms with van der Waals surface area (Å²) < 4.78 is 1.05. The van der Waals surface area contributed by atoms with Gasteiger partial charge in [-0.05, 0) is 30.2 Å². The van der Waals surface area contributed by atoms with Crippen molar-refractivity contribution in [2.75, 3.05) is 5.75 Å². The molecular weight excluding hydrogens is 334 g/mol. The number of hydrogen-bond donors (Lipinski definition) is 2. The zero-order chi connectivity index (χ0) is 14.4. The normalized spacial score (nSPS) is 13.9. The standard InChI is InChI=1S/C16H18BrNOS/c17-13-7-4-8-14(10-13)20-11-16(19)15(18)9-12-5-2-1-3-6-12/h1-8,10,15-16,19H,9,11,18H2. The molecule has 0 fully saturated rings. The van der Waals surface area contributed by atoms with Crippen molar-refractivity contribution in [3.63, 3.8) is 0 Å². The fourth-order valence-electron chi connectivity index (χ4n) is 1.88. The lowest BCUT2D eigenvalue weighted by Gasteiger charge is -2.18. The van der Waals surface area contributed by atoms with E-state index in [0.717, 1.165) is 14.9 Å². The van der Waals surface area contributed by atoms with Gasteiger partial charge in [-0.3, -0.25) is 0 Å². The number of thioether (sulfide) groups is 1. The van der Waals surface area contributed by atoms with Gasteiger partial charge in [-0.2, -0.15) is 0 Å². The first kappa shape index (κ1) is 15.6. The molecule has 0 bridgehead atoms. The van der Waals surface area contributed by atoms with Crippen LogP contribution in [-0.4, -0.2) is 23.0 Å². The topological polar surface area (TPSA) is 46.2 Å². The molecule has 0 aliphatic heterocycles. The predicted octanol–water partition coefficient (Wildman–Crippen LogP) is 3.47. The molecule has 106 valence electrons. The van der Waals surface area contributed by atoms with Crippen molar-refractivity contribution in [1.29, 1.82) is 0 Å². The average Bonchev–Trinajstić information content (AvgIpc) is 2.46. The van der Waals surface area contributed by atoms with Gasteiger partial charge in [-0.15, -0.1) is 11.8 Å². The van der Waals surface area contributed by atoms with Crippen LogP contribution in [0.2, 0.25) is 0 Å². The molecule has 0 heterocycles. The number of benzene rings is 2. The van der Waals surface area contributed by atoms with Gasteiger partial charge in [0.15, 0.2) is 0 Å². The maximum Gasteiger partial charge on any atom is 0.0788 e. The molecule has 0 saturated heterocycles. The molecule has 0 spiro atoms. The Morgan fingerprint density at radius 3 is 2.55 bits per heavy atom. The smallest absolute Gasteiger partial charge is 0.0788 e. The fraction of sp³-hybridized carbons (Fsp3) is 0.250. The first-order chi connectivity index (χ1) is 9.65. The van der Waals surface area contributed by atoms with Crippen molar-refractivity contribution in [2.45, 2.75) is 23.5 Å². The summed E-state index contributed by atoms with van der Waals surface area (Å²) in [5.74, 6) is 0.602. The Labute approximate surface area is 132 Å². The monoisotopic (exact) mass is 351 g/mol. The zero-order valence-electron chi connectivity index (χ0n) is 11.1. The van der Waals surface area contributed by atoms with Crippen molar-refractivity contribution >= 4 is 27.7 Å². The third kappa shape index (κ3) is 4.94. The number of rotatable bonds is 6. The van der Waals surface area contributed by atoms with Crippen LogP contribution in [0.5, 0.6) is 0 Å². The molecular formula is C16H18BrNOS. The van der Waals surface area contributed by atoms with Crippen molar-refractivity contribution in [1.82, 2.24) is 0 Å². The predicted molar refractivity (Wildman–Crippen MR) is 89.0 cm³/mol. The van der Waals surface area contributed by atoms with Crippen LogP contribution in [0.4, 0.5) is 0 Å². The van der Waals surface area contributed by atoms with Gasteiger partial charge in [0, 0.05) is 21.2 Å². The lowest BCUT2D eigenvalue weighted by atomic mass is 10.0. The molecule has 3 N–H and O–H groups in total. The van der Waals surface area contributed by atoms with Gasteiger partial charge >= 0.3 is 0 Å². The first-order valence-electron chi connectivity index (χ1n) is 6.51. The summed E-state index contributed by atoms with van der Waals surface area (Å²) in [7, 11) is 0. The SMILES string of the molecule is NC(Cc1ccccc1)C(O)CSc1cccc(Br)c1. The van der Waals surface area contributed by atoms with E-state index in [4.69, 9.17) is 5.73 Å². The Morgan fingerprint density at radius 2 is 1.85 bits per heavy atom. The number of aliphatic hydroxyl groups is 1. The molecule has 2 aromatic rings. The number of aliphatic hydroxyl groups excluding tert-OH is 1. The van der Waals surface area contributed by atoms with Crippen molar-refractivity contribution in [3.8, 4) is 0 Å².